The number of para-hydroxylation sites is 1. The molecule has 0 bridgehead atoms. The Bertz CT molecular complexity index is 1340. The number of carbonyl (C=O) groups excluding carboxylic acids is 2. The zero-order chi connectivity index (χ0) is 22.5. The van der Waals surface area contributed by atoms with Gasteiger partial charge in [-0.15, -0.1) is 11.3 Å². The monoisotopic (exact) mass is 447 g/mol. The van der Waals surface area contributed by atoms with Crippen LogP contribution in [0.2, 0.25) is 0 Å². The third-order valence-electron chi connectivity index (χ3n) is 6.10. The van der Waals surface area contributed by atoms with Crippen LogP contribution in [0, 0.1) is 12.7 Å². The summed E-state index contributed by atoms with van der Waals surface area (Å²) in [4.78, 5) is 30.0. The van der Waals surface area contributed by atoms with Crippen LogP contribution in [0.4, 0.5) is 10.1 Å². The molecular formula is C25H22FN3O2S. The summed E-state index contributed by atoms with van der Waals surface area (Å²) in [5, 5.41) is 5.96. The van der Waals surface area contributed by atoms with Crippen molar-refractivity contribution in [3.63, 3.8) is 0 Å². The number of aromatic nitrogens is 1. The standard InChI is InChI=1S/C25H22FN3O2S/c1-16-5-3-4-6-20(16)29-22(30)21-13-18-11-12-32-23(18)28(21)15-25(29,2)24(31)27-14-17-7-9-19(26)10-8-17/h3-13H,14-15H2,1-2H3,(H,27,31)/t25-/m1/s1. The summed E-state index contributed by atoms with van der Waals surface area (Å²) in [7, 11) is 0. The van der Waals surface area contributed by atoms with E-state index in [2.05, 4.69) is 5.32 Å². The molecule has 162 valence electrons. The topological polar surface area (TPSA) is 54.3 Å². The fourth-order valence-electron chi connectivity index (χ4n) is 4.36. The number of thiophene rings is 1. The number of nitrogens with one attached hydrogen (secondary N) is 1. The van der Waals surface area contributed by atoms with Crippen molar-refractivity contribution < 1.29 is 14.0 Å². The van der Waals surface area contributed by atoms with Crippen LogP contribution in [0.3, 0.4) is 0 Å². The Hall–Kier alpha value is -3.45. The zero-order valence-electron chi connectivity index (χ0n) is 17.8. The predicted molar refractivity (Wildman–Crippen MR) is 124 cm³/mol. The first kappa shape index (κ1) is 20.5. The molecule has 0 spiro atoms. The molecule has 5 nitrogen and oxygen atoms in total. The molecule has 2 aromatic carbocycles. The van der Waals surface area contributed by atoms with E-state index in [9.17, 15) is 14.0 Å². The molecule has 4 aromatic rings. The van der Waals surface area contributed by atoms with E-state index in [0.717, 1.165) is 21.3 Å². The third-order valence-corrected chi connectivity index (χ3v) is 7.05. The largest absolute Gasteiger partial charge is 0.350 e. The molecule has 7 heteroatoms. The van der Waals surface area contributed by atoms with Crippen LogP contribution in [0.15, 0.2) is 66.0 Å². The number of rotatable bonds is 4. The van der Waals surface area contributed by atoms with Crippen molar-refractivity contribution in [1.29, 1.82) is 0 Å². The molecule has 5 rings (SSSR count). The molecule has 0 fully saturated rings. The molecule has 0 radical (unpaired) electrons. The van der Waals surface area contributed by atoms with Crippen molar-refractivity contribution in [2.75, 3.05) is 4.90 Å². The van der Waals surface area contributed by atoms with E-state index in [1.165, 1.54) is 12.1 Å². The molecular weight excluding hydrogens is 425 g/mol. The average molecular weight is 448 g/mol. The van der Waals surface area contributed by atoms with E-state index in [1.54, 1.807) is 35.3 Å². The van der Waals surface area contributed by atoms with Crippen molar-refractivity contribution >= 4 is 39.1 Å². The summed E-state index contributed by atoms with van der Waals surface area (Å²) in [6.07, 6.45) is 0. The van der Waals surface area contributed by atoms with E-state index in [-0.39, 0.29) is 24.2 Å². The molecule has 2 amide bonds. The van der Waals surface area contributed by atoms with Crippen LogP contribution in [0.1, 0.15) is 28.5 Å². The second kappa shape index (κ2) is 7.60. The molecule has 1 atom stereocenters. The third kappa shape index (κ3) is 3.20. The van der Waals surface area contributed by atoms with Gasteiger partial charge in [0.15, 0.2) is 0 Å². The fourth-order valence-corrected chi connectivity index (χ4v) is 5.26. The minimum absolute atomic E-state index is 0.201. The molecule has 1 aliphatic rings. The number of hydrogen-bond donors (Lipinski definition) is 1. The zero-order valence-corrected chi connectivity index (χ0v) is 18.6. The van der Waals surface area contributed by atoms with Gasteiger partial charge in [0.25, 0.3) is 5.91 Å². The maximum absolute atomic E-state index is 13.8. The Kier molecular flexibility index (Phi) is 4.86. The van der Waals surface area contributed by atoms with Gasteiger partial charge in [-0.3, -0.25) is 14.5 Å². The molecule has 32 heavy (non-hydrogen) atoms. The Morgan fingerprint density at radius 1 is 1.16 bits per heavy atom. The minimum atomic E-state index is -1.15. The Morgan fingerprint density at radius 2 is 1.91 bits per heavy atom. The highest BCUT2D eigenvalue weighted by atomic mass is 32.1. The van der Waals surface area contributed by atoms with E-state index >= 15 is 0 Å². The Morgan fingerprint density at radius 3 is 2.66 bits per heavy atom. The van der Waals surface area contributed by atoms with Crippen LogP contribution in [-0.4, -0.2) is 21.9 Å². The lowest BCUT2D eigenvalue weighted by Gasteiger charge is -2.44. The van der Waals surface area contributed by atoms with Crippen LogP contribution in [0.5, 0.6) is 0 Å². The summed E-state index contributed by atoms with van der Waals surface area (Å²) in [6.45, 7) is 4.32. The SMILES string of the molecule is Cc1ccccc1N1C(=O)c2cc3ccsc3n2C[C@]1(C)C(=O)NCc1ccc(F)cc1. The highest BCUT2D eigenvalue weighted by Gasteiger charge is 2.49. The molecule has 3 heterocycles. The first-order valence-electron chi connectivity index (χ1n) is 10.4. The van der Waals surface area contributed by atoms with Gasteiger partial charge in [0, 0.05) is 17.6 Å². The van der Waals surface area contributed by atoms with Gasteiger partial charge in [-0.2, -0.15) is 0 Å². The van der Waals surface area contributed by atoms with Crippen molar-refractivity contribution in [2.45, 2.75) is 32.5 Å². The quantitative estimate of drug-likeness (QED) is 0.485. The molecule has 2 aromatic heterocycles. The molecule has 0 unspecified atom stereocenters. The Labute approximate surface area is 189 Å². The first-order valence-corrected chi connectivity index (χ1v) is 11.3. The number of carbonyl (C=O) groups is 2. The first-order chi connectivity index (χ1) is 15.4. The second-order valence-electron chi connectivity index (χ2n) is 8.31. The van der Waals surface area contributed by atoms with E-state index in [0.29, 0.717) is 17.9 Å². The van der Waals surface area contributed by atoms with Crippen molar-refractivity contribution in [3.8, 4) is 0 Å². The highest BCUT2D eigenvalue weighted by molar-refractivity contribution is 7.16. The van der Waals surface area contributed by atoms with Crippen LogP contribution < -0.4 is 10.2 Å². The molecule has 0 saturated carbocycles. The number of benzene rings is 2. The number of halogens is 1. The lowest BCUT2D eigenvalue weighted by molar-refractivity contribution is -0.126. The van der Waals surface area contributed by atoms with Crippen LogP contribution in [-0.2, 0) is 17.9 Å². The molecule has 0 aliphatic carbocycles. The number of nitrogens with zero attached hydrogens (tertiary/aromatic N) is 2. The van der Waals surface area contributed by atoms with Crippen molar-refractivity contribution in [3.05, 3.63) is 88.7 Å². The second-order valence-corrected chi connectivity index (χ2v) is 9.20. The van der Waals surface area contributed by atoms with Crippen molar-refractivity contribution in [2.24, 2.45) is 0 Å². The maximum Gasteiger partial charge on any atom is 0.275 e. The smallest absolute Gasteiger partial charge is 0.275 e. The number of anilines is 1. The van der Waals surface area contributed by atoms with Gasteiger partial charge in [-0.25, -0.2) is 4.39 Å². The highest BCUT2D eigenvalue weighted by Crippen LogP contribution is 2.38. The normalized spacial score (nSPS) is 18.1. The van der Waals surface area contributed by atoms with E-state index < -0.39 is 5.54 Å². The number of amides is 2. The van der Waals surface area contributed by atoms with Crippen molar-refractivity contribution in [1.82, 2.24) is 9.88 Å². The minimum Gasteiger partial charge on any atom is -0.350 e. The fraction of sp³-hybridized carbons (Fsp3) is 0.200. The van der Waals surface area contributed by atoms with Crippen LogP contribution in [0.25, 0.3) is 10.2 Å². The molecule has 0 saturated heterocycles. The summed E-state index contributed by atoms with van der Waals surface area (Å²) >= 11 is 1.56. The summed E-state index contributed by atoms with van der Waals surface area (Å²) < 4.78 is 15.2. The van der Waals surface area contributed by atoms with Gasteiger partial charge < -0.3 is 9.88 Å². The van der Waals surface area contributed by atoms with Gasteiger partial charge in [-0.05, 0) is 60.7 Å². The number of aryl methyl sites for hydroxylation is 1. The summed E-state index contributed by atoms with van der Waals surface area (Å²) in [5.74, 6) is -0.786. The van der Waals surface area contributed by atoms with Gasteiger partial charge in [0.2, 0.25) is 5.91 Å². The average Bonchev–Trinajstić information content (AvgIpc) is 3.37. The van der Waals surface area contributed by atoms with Gasteiger partial charge in [0.05, 0.1) is 6.54 Å². The Balaban J connectivity index is 1.57. The predicted octanol–water partition coefficient (Wildman–Crippen LogP) is 4.89. The lowest BCUT2D eigenvalue weighted by Crippen LogP contribution is -2.64. The number of hydrogen-bond acceptors (Lipinski definition) is 3. The van der Waals surface area contributed by atoms with E-state index in [1.807, 2.05) is 53.3 Å². The van der Waals surface area contributed by atoms with Gasteiger partial charge in [-0.1, -0.05) is 30.3 Å². The summed E-state index contributed by atoms with van der Waals surface area (Å²) in [5.41, 5.74) is 1.86. The van der Waals surface area contributed by atoms with E-state index in [4.69, 9.17) is 0 Å². The maximum atomic E-state index is 13.8. The molecule has 1 aliphatic heterocycles. The number of fused-ring (bicyclic) bond motifs is 3. The van der Waals surface area contributed by atoms with Gasteiger partial charge >= 0.3 is 0 Å². The summed E-state index contributed by atoms with van der Waals surface area (Å²) in [6, 6.07) is 17.5. The lowest BCUT2D eigenvalue weighted by atomic mass is 9.93. The van der Waals surface area contributed by atoms with Crippen LogP contribution >= 0.6 is 11.3 Å². The molecule has 1 N–H and O–H groups in total. The van der Waals surface area contributed by atoms with Gasteiger partial charge in [0.1, 0.15) is 21.9 Å².